The fourth-order valence-corrected chi connectivity index (χ4v) is 3.21. The normalized spacial score (nSPS) is 11.4. The molecule has 27 heavy (non-hydrogen) atoms. The van der Waals surface area contributed by atoms with Crippen LogP contribution in [0.25, 0.3) is 0 Å². The van der Waals surface area contributed by atoms with Crippen LogP contribution < -0.4 is 10.6 Å². The maximum atomic E-state index is 12.3. The number of nitrogens with one attached hydrogen (secondary N) is 2. The van der Waals surface area contributed by atoms with E-state index >= 15 is 0 Å². The lowest BCUT2D eigenvalue weighted by Gasteiger charge is -2.12. The van der Waals surface area contributed by atoms with Crippen molar-refractivity contribution in [3.05, 3.63) is 54.1 Å². The molecule has 0 saturated carbocycles. The van der Waals surface area contributed by atoms with E-state index in [0.29, 0.717) is 17.9 Å². The molecule has 0 aliphatic heterocycles. The summed E-state index contributed by atoms with van der Waals surface area (Å²) >= 11 is 0. The number of hydrogen-bond acceptors (Lipinski definition) is 5. The minimum atomic E-state index is -3.51. The van der Waals surface area contributed by atoms with E-state index in [9.17, 15) is 13.2 Å². The molecule has 0 unspecified atom stereocenters. The summed E-state index contributed by atoms with van der Waals surface area (Å²) in [5.41, 5.74) is 2.00. The van der Waals surface area contributed by atoms with Crippen LogP contribution in [0, 0.1) is 0 Å². The molecule has 0 aliphatic carbocycles. The van der Waals surface area contributed by atoms with Crippen LogP contribution in [0.3, 0.4) is 0 Å². The standard InChI is InChI=1S/C19H25N3O4S/c1-22(2)27(24,25)18-11-5-15(6-12-18)19(23)21-17-9-7-16(8-10-17)20-13-4-14-26-3/h5-12,20H,4,13-14H2,1-3H3,(H,21,23). The lowest BCUT2D eigenvalue weighted by atomic mass is 10.2. The van der Waals surface area contributed by atoms with E-state index in [1.165, 1.54) is 38.4 Å². The molecular weight excluding hydrogens is 366 g/mol. The summed E-state index contributed by atoms with van der Waals surface area (Å²) < 4.78 is 30.3. The third-order valence-corrected chi connectivity index (χ3v) is 5.72. The largest absolute Gasteiger partial charge is 0.385 e. The van der Waals surface area contributed by atoms with Gasteiger partial charge in [0.05, 0.1) is 4.90 Å². The fourth-order valence-electron chi connectivity index (χ4n) is 2.31. The number of amides is 1. The molecule has 0 saturated heterocycles. The van der Waals surface area contributed by atoms with Crippen molar-refractivity contribution in [3.63, 3.8) is 0 Å². The Morgan fingerprint density at radius 2 is 1.59 bits per heavy atom. The molecule has 2 N–H and O–H groups in total. The number of anilines is 2. The zero-order valence-corrected chi connectivity index (χ0v) is 16.5. The van der Waals surface area contributed by atoms with Gasteiger partial charge in [-0.3, -0.25) is 4.79 Å². The summed E-state index contributed by atoms with van der Waals surface area (Å²) in [6.07, 6.45) is 0.911. The first-order valence-electron chi connectivity index (χ1n) is 8.51. The Morgan fingerprint density at radius 1 is 1.00 bits per heavy atom. The zero-order chi connectivity index (χ0) is 19.9. The minimum Gasteiger partial charge on any atom is -0.385 e. The van der Waals surface area contributed by atoms with E-state index in [1.807, 2.05) is 12.1 Å². The number of methoxy groups -OCH3 is 1. The third kappa shape index (κ3) is 5.78. The van der Waals surface area contributed by atoms with Gasteiger partial charge in [-0.1, -0.05) is 0 Å². The van der Waals surface area contributed by atoms with Crippen molar-refractivity contribution >= 4 is 27.3 Å². The maximum Gasteiger partial charge on any atom is 0.255 e. The molecule has 2 aromatic rings. The van der Waals surface area contributed by atoms with Crippen molar-refractivity contribution in [2.75, 3.05) is 45.0 Å². The topological polar surface area (TPSA) is 87.7 Å². The molecule has 0 bridgehead atoms. The molecule has 2 rings (SSSR count). The van der Waals surface area contributed by atoms with Gasteiger partial charge in [-0.25, -0.2) is 12.7 Å². The quantitative estimate of drug-likeness (QED) is 0.642. The van der Waals surface area contributed by atoms with Crippen molar-refractivity contribution < 1.29 is 17.9 Å². The van der Waals surface area contributed by atoms with Gasteiger partial charge in [0.1, 0.15) is 0 Å². The van der Waals surface area contributed by atoms with Crippen LogP contribution in [0.1, 0.15) is 16.8 Å². The van der Waals surface area contributed by atoms with E-state index in [1.54, 1.807) is 19.2 Å². The summed E-state index contributed by atoms with van der Waals surface area (Å²) in [5.74, 6) is -0.301. The van der Waals surface area contributed by atoms with Crippen molar-refractivity contribution in [2.24, 2.45) is 0 Å². The molecule has 2 aromatic carbocycles. The lowest BCUT2D eigenvalue weighted by molar-refractivity contribution is 0.102. The number of rotatable bonds is 9. The van der Waals surface area contributed by atoms with Crippen molar-refractivity contribution in [1.82, 2.24) is 4.31 Å². The fraction of sp³-hybridized carbons (Fsp3) is 0.316. The molecule has 0 heterocycles. The molecule has 0 spiro atoms. The maximum absolute atomic E-state index is 12.3. The van der Waals surface area contributed by atoms with Crippen LogP contribution >= 0.6 is 0 Å². The molecule has 0 aromatic heterocycles. The summed E-state index contributed by atoms with van der Waals surface area (Å²) in [4.78, 5) is 12.5. The number of benzene rings is 2. The number of sulfonamides is 1. The van der Waals surface area contributed by atoms with E-state index in [2.05, 4.69) is 10.6 Å². The number of ether oxygens (including phenoxy) is 1. The van der Waals surface area contributed by atoms with Crippen molar-refractivity contribution in [2.45, 2.75) is 11.3 Å². The van der Waals surface area contributed by atoms with Gasteiger partial charge in [0.15, 0.2) is 0 Å². The summed E-state index contributed by atoms with van der Waals surface area (Å²) in [6, 6.07) is 13.2. The molecule has 1 amide bonds. The van der Waals surface area contributed by atoms with Crippen LogP contribution in [0.5, 0.6) is 0 Å². The summed E-state index contributed by atoms with van der Waals surface area (Å²) in [6.45, 7) is 1.51. The highest BCUT2D eigenvalue weighted by molar-refractivity contribution is 7.89. The zero-order valence-electron chi connectivity index (χ0n) is 15.7. The third-order valence-electron chi connectivity index (χ3n) is 3.89. The second-order valence-electron chi connectivity index (χ2n) is 6.12. The van der Waals surface area contributed by atoms with Crippen molar-refractivity contribution in [1.29, 1.82) is 0 Å². The highest BCUT2D eigenvalue weighted by atomic mass is 32.2. The molecule has 8 heteroatoms. The van der Waals surface area contributed by atoms with Gasteiger partial charge in [0, 0.05) is 51.3 Å². The Hall–Kier alpha value is -2.42. The van der Waals surface area contributed by atoms with Crippen LogP contribution in [-0.2, 0) is 14.8 Å². The summed E-state index contributed by atoms with van der Waals surface area (Å²) in [5, 5.41) is 6.06. The van der Waals surface area contributed by atoms with E-state index in [-0.39, 0.29) is 10.8 Å². The van der Waals surface area contributed by atoms with Crippen molar-refractivity contribution in [3.8, 4) is 0 Å². The Kier molecular flexibility index (Phi) is 7.35. The lowest BCUT2D eigenvalue weighted by Crippen LogP contribution is -2.22. The second-order valence-corrected chi connectivity index (χ2v) is 8.27. The molecule has 0 atom stereocenters. The number of carbonyl (C=O) groups is 1. The predicted octanol–water partition coefficient (Wildman–Crippen LogP) is 2.64. The predicted molar refractivity (Wildman–Crippen MR) is 107 cm³/mol. The highest BCUT2D eigenvalue weighted by Crippen LogP contribution is 2.17. The van der Waals surface area contributed by atoms with Gasteiger partial charge in [0.25, 0.3) is 5.91 Å². The van der Waals surface area contributed by atoms with E-state index in [0.717, 1.165) is 23.0 Å². The van der Waals surface area contributed by atoms with Gasteiger partial charge < -0.3 is 15.4 Å². The second kappa shape index (κ2) is 9.50. The average molecular weight is 391 g/mol. The van der Waals surface area contributed by atoms with Crippen LogP contribution in [0.4, 0.5) is 11.4 Å². The Labute approximate surface area is 160 Å². The van der Waals surface area contributed by atoms with Gasteiger partial charge in [-0.15, -0.1) is 0 Å². The Bertz CT molecular complexity index is 848. The first kappa shape index (κ1) is 20.9. The van der Waals surface area contributed by atoms with Gasteiger partial charge >= 0.3 is 0 Å². The van der Waals surface area contributed by atoms with Crippen LogP contribution in [0.2, 0.25) is 0 Å². The smallest absolute Gasteiger partial charge is 0.255 e. The van der Waals surface area contributed by atoms with Gasteiger partial charge in [-0.05, 0) is 55.0 Å². The molecule has 7 nitrogen and oxygen atoms in total. The molecule has 0 radical (unpaired) electrons. The number of hydrogen-bond donors (Lipinski definition) is 2. The molecule has 0 fully saturated rings. The van der Waals surface area contributed by atoms with E-state index < -0.39 is 10.0 Å². The first-order chi connectivity index (χ1) is 12.8. The Balaban J connectivity index is 1.97. The minimum absolute atomic E-state index is 0.146. The SMILES string of the molecule is COCCCNc1ccc(NC(=O)c2ccc(S(=O)(=O)N(C)C)cc2)cc1. The van der Waals surface area contributed by atoms with Gasteiger partial charge in [-0.2, -0.15) is 0 Å². The molecule has 0 aliphatic rings. The van der Waals surface area contributed by atoms with E-state index in [4.69, 9.17) is 4.74 Å². The molecule has 146 valence electrons. The monoisotopic (exact) mass is 391 g/mol. The highest BCUT2D eigenvalue weighted by Gasteiger charge is 2.17. The summed E-state index contributed by atoms with van der Waals surface area (Å²) in [7, 11) is 1.09. The number of nitrogens with zero attached hydrogens (tertiary/aromatic N) is 1. The molecular formula is C19H25N3O4S. The number of carbonyl (C=O) groups excluding carboxylic acids is 1. The first-order valence-corrected chi connectivity index (χ1v) is 9.95. The van der Waals surface area contributed by atoms with Crippen LogP contribution in [-0.4, -0.2) is 53.0 Å². The Morgan fingerprint density at radius 3 is 2.15 bits per heavy atom. The van der Waals surface area contributed by atoms with Gasteiger partial charge in [0.2, 0.25) is 10.0 Å². The average Bonchev–Trinajstić information content (AvgIpc) is 2.66. The van der Waals surface area contributed by atoms with Crippen LogP contribution in [0.15, 0.2) is 53.4 Å².